The highest BCUT2D eigenvalue weighted by Crippen LogP contribution is 2.26. The zero-order valence-corrected chi connectivity index (χ0v) is 12.5. The molecule has 0 aliphatic carbocycles. The molecule has 0 radical (unpaired) electrons. The van der Waals surface area contributed by atoms with Crippen LogP contribution >= 0.6 is 15.9 Å². The van der Waals surface area contributed by atoms with Crippen molar-refractivity contribution < 1.29 is 9.90 Å². The molecule has 100 valence electrons. The number of Topliss-reactive ketones (excluding diaryl/α,β-unsaturated/α-hetero) is 1. The van der Waals surface area contributed by atoms with Gasteiger partial charge in [-0.15, -0.1) is 0 Å². The number of benzene rings is 1. The van der Waals surface area contributed by atoms with Crippen LogP contribution in [0.1, 0.15) is 37.0 Å². The Morgan fingerprint density at radius 1 is 1.39 bits per heavy atom. The molecule has 0 saturated heterocycles. The van der Waals surface area contributed by atoms with Gasteiger partial charge in [-0.2, -0.15) is 0 Å². The molecule has 3 nitrogen and oxygen atoms in total. The van der Waals surface area contributed by atoms with Gasteiger partial charge in [-0.05, 0) is 31.5 Å². The summed E-state index contributed by atoms with van der Waals surface area (Å²) in [5.41, 5.74) is 1.61. The maximum atomic E-state index is 11.7. The Bertz CT molecular complexity index is 407. The number of halogens is 1. The molecule has 0 unspecified atom stereocenters. The summed E-state index contributed by atoms with van der Waals surface area (Å²) in [4.78, 5) is 13.7. The second-order valence-electron chi connectivity index (χ2n) is 4.28. The van der Waals surface area contributed by atoms with Crippen LogP contribution in [0.5, 0.6) is 0 Å². The van der Waals surface area contributed by atoms with E-state index >= 15 is 0 Å². The van der Waals surface area contributed by atoms with E-state index in [1.54, 1.807) is 6.92 Å². The molecule has 0 atom stereocenters. The van der Waals surface area contributed by atoms with Gasteiger partial charge in [-0.1, -0.05) is 29.3 Å². The topological polar surface area (TPSA) is 40.5 Å². The Labute approximate surface area is 117 Å². The lowest BCUT2D eigenvalue weighted by atomic mass is 10.1. The van der Waals surface area contributed by atoms with E-state index in [1.165, 1.54) is 0 Å². The minimum Gasteiger partial charge on any atom is -0.395 e. The first-order valence-electron chi connectivity index (χ1n) is 6.26. The first-order chi connectivity index (χ1) is 8.60. The fraction of sp³-hybridized carbons (Fsp3) is 0.500. The van der Waals surface area contributed by atoms with Crippen LogP contribution in [0.15, 0.2) is 22.7 Å². The van der Waals surface area contributed by atoms with Crippen molar-refractivity contribution in [1.82, 2.24) is 0 Å². The largest absolute Gasteiger partial charge is 0.395 e. The monoisotopic (exact) mass is 313 g/mol. The van der Waals surface area contributed by atoms with Crippen LogP contribution in [0.2, 0.25) is 0 Å². The summed E-state index contributed by atoms with van der Waals surface area (Å²) >= 11 is 3.43. The molecular formula is C14H20BrNO2. The molecule has 1 rings (SSSR count). The number of unbranched alkanes of at least 4 members (excludes halogenated alkanes) is 1. The number of nitrogens with zero attached hydrogens (tertiary/aromatic N) is 1. The smallest absolute Gasteiger partial charge is 0.161 e. The van der Waals surface area contributed by atoms with Crippen LogP contribution in [0, 0.1) is 0 Å². The van der Waals surface area contributed by atoms with Crippen LogP contribution in [-0.2, 0) is 0 Å². The van der Waals surface area contributed by atoms with Crippen molar-refractivity contribution in [3.63, 3.8) is 0 Å². The molecule has 1 aromatic rings. The van der Waals surface area contributed by atoms with Crippen LogP contribution < -0.4 is 4.90 Å². The van der Waals surface area contributed by atoms with Crippen molar-refractivity contribution in [2.45, 2.75) is 26.7 Å². The minimum absolute atomic E-state index is 0.0527. The van der Waals surface area contributed by atoms with E-state index in [0.29, 0.717) is 12.1 Å². The van der Waals surface area contributed by atoms with Crippen molar-refractivity contribution in [1.29, 1.82) is 0 Å². The molecule has 1 N–H and O–H groups in total. The van der Waals surface area contributed by atoms with Gasteiger partial charge >= 0.3 is 0 Å². The summed E-state index contributed by atoms with van der Waals surface area (Å²) in [5.74, 6) is 0.0527. The SMILES string of the molecule is CCCCN(CCO)c1cc(Br)ccc1C(C)=O. The number of ketones is 1. The van der Waals surface area contributed by atoms with Gasteiger partial charge in [0.1, 0.15) is 0 Å². The first kappa shape index (κ1) is 15.2. The third kappa shape index (κ3) is 4.10. The maximum Gasteiger partial charge on any atom is 0.161 e. The quantitative estimate of drug-likeness (QED) is 0.786. The highest BCUT2D eigenvalue weighted by atomic mass is 79.9. The van der Waals surface area contributed by atoms with Gasteiger partial charge < -0.3 is 10.0 Å². The van der Waals surface area contributed by atoms with E-state index in [9.17, 15) is 4.79 Å². The van der Waals surface area contributed by atoms with E-state index in [4.69, 9.17) is 5.11 Å². The normalized spacial score (nSPS) is 10.4. The predicted octanol–water partition coefficient (Wildman–Crippen LogP) is 3.25. The number of anilines is 1. The van der Waals surface area contributed by atoms with Gasteiger partial charge in [-0.3, -0.25) is 4.79 Å². The minimum atomic E-state index is 0.0527. The van der Waals surface area contributed by atoms with Crippen molar-refractivity contribution in [2.24, 2.45) is 0 Å². The summed E-state index contributed by atoms with van der Waals surface area (Å²) in [6, 6.07) is 5.65. The third-order valence-corrected chi connectivity index (χ3v) is 3.32. The Morgan fingerprint density at radius 3 is 2.67 bits per heavy atom. The molecule has 0 amide bonds. The number of carbonyl (C=O) groups is 1. The van der Waals surface area contributed by atoms with Gasteiger partial charge in [0.25, 0.3) is 0 Å². The third-order valence-electron chi connectivity index (χ3n) is 2.83. The number of aliphatic hydroxyl groups is 1. The molecule has 0 aliphatic rings. The lowest BCUT2D eigenvalue weighted by Gasteiger charge is -2.26. The molecule has 0 aromatic heterocycles. The molecule has 18 heavy (non-hydrogen) atoms. The fourth-order valence-corrected chi connectivity index (χ4v) is 2.24. The van der Waals surface area contributed by atoms with Gasteiger partial charge in [-0.25, -0.2) is 0 Å². The van der Waals surface area contributed by atoms with Crippen LogP contribution in [0.3, 0.4) is 0 Å². The molecule has 0 spiro atoms. The van der Waals surface area contributed by atoms with Crippen LogP contribution in [0.25, 0.3) is 0 Å². The summed E-state index contributed by atoms with van der Waals surface area (Å²) in [6.45, 7) is 5.20. The molecule has 0 aliphatic heterocycles. The van der Waals surface area contributed by atoms with E-state index in [-0.39, 0.29) is 12.4 Å². The molecule has 0 heterocycles. The number of aliphatic hydroxyl groups excluding tert-OH is 1. The average Bonchev–Trinajstić information content (AvgIpc) is 2.34. The molecular weight excluding hydrogens is 294 g/mol. The lowest BCUT2D eigenvalue weighted by molar-refractivity contribution is 0.101. The Hall–Kier alpha value is -0.870. The molecule has 0 saturated carbocycles. The number of hydrogen-bond donors (Lipinski definition) is 1. The Morgan fingerprint density at radius 2 is 2.11 bits per heavy atom. The average molecular weight is 314 g/mol. The van der Waals surface area contributed by atoms with E-state index in [2.05, 4.69) is 27.8 Å². The van der Waals surface area contributed by atoms with Gasteiger partial charge in [0, 0.05) is 28.8 Å². The van der Waals surface area contributed by atoms with Gasteiger partial charge in [0.05, 0.1) is 6.61 Å². The predicted molar refractivity (Wildman–Crippen MR) is 78.4 cm³/mol. The fourth-order valence-electron chi connectivity index (χ4n) is 1.89. The van der Waals surface area contributed by atoms with Gasteiger partial charge in [0.15, 0.2) is 5.78 Å². The first-order valence-corrected chi connectivity index (χ1v) is 7.05. The zero-order chi connectivity index (χ0) is 13.5. The van der Waals surface area contributed by atoms with Crippen LogP contribution in [-0.4, -0.2) is 30.6 Å². The van der Waals surface area contributed by atoms with E-state index in [1.807, 2.05) is 18.2 Å². The Balaban J connectivity index is 3.07. The van der Waals surface area contributed by atoms with Gasteiger partial charge in [0.2, 0.25) is 0 Å². The van der Waals surface area contributed by atoms with E-state index < -0.39 is 0 Å². The van der Waals surface area contributed by atoms with Crippen LogP contribution in [0.4, 0.5) is 5.69 Å². The standard InChI is InChI=1S/C14H20BrNO2/c1-3-4-7-16(8-9-17)14-10-12(15)5-6-13(14)11(2)18/h5-6,10,17H,3-4,7-9H2,1-2H3. The highest BCUT2D eigenvalue weighted by Gasteiger charge is 2.14. The number of rotatable bonds is 7. The molecule has 0 bridgehead atoms. The second kappa shape index (κ2) is 7.54. The molecule has 4 heteroatoms. The summed E-state index contributed by atoms with van der Waals surface area (Å²) in [6.07, 6.45) is 2.13. The Kier molecular flexibility index (Phi) is 6.36. The van der Waals surface area contributed by atoms with Crippen molar-refractivity contribution in [3.8, 4) is 0 Å². The molecule has 1 aromatic carbocycles. The highest BCUT2D eigenvalue weighted by molar-refractivity contribution is 9.10. The van der Waals surface area contributed by atoms with Crippen molar-refractivity contribution in [3.05, 3.63) is 28.2 Å². The maximum absolute atomic E-state index is 11.7. The summed E-state index contributed by atoms with van der Waals surface area (Å²) < 4.78 is 0.946. The van der Waals surface area contributed by atoms with Crippen molar-refractivity contribution >= 4 is 27.4 Å². The summed E-state index contributed by atoms with van der Waals surface area (Å²) in [7, 11) is 0. The second-order valence-corrected chi connectivity index (χ2v) is 5.20. The number of hydrogen-bond acceptors (Lipinski definition) is 3. The molecule has 0 fully saturated rings. The summed E-state index contributed by atoms with van der Waals surface area (Å²) in [5, 5.41) is 9.16. The zero-order valence-electron chi connectivity index (χ0n) is 10.9. The van der Waals surface area contributed by atoms with E-state index in [0.717, 1.165) is 29.5 Å². The lowest BCUT2D eigenvalue weighted by Crippen LogP contribution is -2.29. The van der Waals surface area contributed by atoms with Crippen molar-refractivity contribution in [2.75, 3.05) is 24.6 Å². The number of carbonyl (C=O) groups excluding carboxylic acids is 1.